The molecule has 5 rings (SSSR count). The first-order chi connectivity index (χ1) is 16.7. The molecule has 0 bridgehead atoms. The van der Waals surface area contributed by atoms with Gasteiger partial charge in [0.1, 0.15) is 23.9 Å². The minimum atomic E-state index is 0.484. The molecule has 0 fully saturated rings. The molecule has 0 radical (unpaired) electrons. The fraction of sp³-hybridized carbons (Fsp3) is 0.0333. The van der Waals surface area contributed by atoms with Crippen molar-refractivity contribution in [2.24, 2.45) is 4.99 Å². The summed E-state index contributed by atoms with van der Waals surface area (Å²) in [6.45, 7) is 0.484. The molecule has 0 atom stereocenters. The molecular weight excluding hydrogens is 486 g/mol. The van der Waals surface area contributed by atoms with Gasteiger partial charge in [0.25, 0.3) is 0 Å². The van der Waals surface area contributed by atoms with Gasteiger partial charge in [-0.1, -0.05) is 76.6 Å². The first-order valence-electron chi connectivity index (χ1n) is 11.0. The summed E-state index contributed by atoms with van der Waals surface area (Å²) in [4.78, 5) is 4.74. The Kier molecular flexibility index (Phi) is 6.68. The lowest BCUT2D eigenvalue weighted by atomic mass is 10.0. The standard InChI is InChI=1S/C30H22BrNO2/c31-24-13-10-22(11-14-24)21-33-30-19-12-23-6-4-5-9-28(23)29(30)20-32-25-15-17-27(18-16-25)34-26-7-2-1-3-8-26/h1-20H,21H2. The average Bonchev–Trinajstić information content (AvgIpc) is 2.89. The SMILES string of the molecule is Brc1ccc(COc2ccc3ccccc3c2C=Nc2ccc(Oc3ccccc3)cc2)cc1. The summed E-state index contributed by atoms with van der Waals surface area (Å²) in [5.74, 6) is 2.38. The predicted molar refractivity (Wildman–Crippen MR) is 143 cm³/mol. The Labute approximate surface area is 207 Å². The van der Waals surface area contributed by atoms with Crippen LogP contribution in [0.25, 0.3) is 10.8 Å². The Bertz CT molecular complexity index is 1410. The summed E-state index contributed by atoms with van der Waals surface area (Å²) in [5.41, 5.74) is 2.90. The van der Waals surface area contributed by atoms with Gasteiger partial charge in [0.15, 0.2) is 0 Å². The second-order valence-corrected chi connectivity index (χ2v) is 8.70. The van der Waals surface area contributed by atoms with Crippen molar-refractivity contribution >= 4 is 38.6 Å². The molecule has 0 aliphatic carbocycles. The molecule has 5 aromatic carbocycles. The van der Waals surface area contributed by atoms with Crippen LogP contribution in [0.2, 0.25) is 0 Å². The van der Waals surface area contributed by atoms with Crippen molar-refractivity contribution in [3.8, 4) is 17.2 Å². The molecule has 5 aromatic rings. The van der Waals surface area contributed by atoms with Gasteiger partial charge in [-0.3, -0.25) is 4.99 Å². The number of nitrogens with zero attached hydrogens (tertiary/aromatic N) is 1. The van der Waals surface area contributed by atoms with Crippen LogP contribution in [-0.4, -0.2) is 6.21 Å². The van der Waals surface area contributed by atoms with Crippen LogP contribution in [0.15, 0.2) is 125 Å². The van der Waals surface area contributed by atoms with Gasteiger partial charge in [-0.05, 0) is 70.9 Å². The molecule has 0 aliphatic heterocycles. The predicted octanol–water partition coefficient (Wildman–Crippen LogP) is 8.72. The zero-order chi connectivity index (χ0) is 23.2. The number of hydrogen-bond donors (Lipinski definition) is 0. The van der Waals surface area contributed by atoms with Crippen molar-refractivity contribution in [1.82, 2.24) is 0 Å². The number of benzene rings is 5. The molecule has 4 heteroatoms. The summed E-state index contributed by atoms with van der Waals surface area (Å²) >= 11 is 3.48. The number of para-hydroxylation sites is 1. The molecule has 0 N–H and O–H groups in total. The molecule has 3 nitrogen and oxygen atoms in total. The lowest BCUT2D eigenvalue weighted by Crippen LogP contribution is -1.99. The molecule has 0 spiro atoms. The van der Waals surface area contributed by atoms with E-state index in [2.05, 4.69) is 46.3 Å². The van der Waals surface area contributed by atoms with Crippen LogP contribution in [0, 0.1) is 0 Å². The maximum Gasteiger partial charge on any atom is 0.129 e. The van der Waals surface area contributed by atoms with E-state index >= 15 is 0 Å². The van der Waals surface area contributed by atoms with Crippen molar-refractivity contribution in [3.05, 3.63) is 131 Å². The summed E-state index contributed by atoms with van der Waals surface area (Å²) in [7, 11) is 0. The lowest BCUT2D eigenvalue weighted by Gasteiger charge is -2.12. The van der Waals surface area contributed by atoms with Crippen LogP contribution in [0.1, 0.15) is 11.1 Å². The topological polar surface area (TPSA) is 30.8 Å². The number of ether oxygens (including phenoxy) is 2. The van der Waals surface area contributed by atoms with Gasteiger partial charge in [0.2, 0.25) is 0 Å². The highest BCUT2D eigenvalue weighted by Crippen LogP contribution is 2.29. The molecule has 0 heterocycles. The second-order valence-electron chi connectivity index (χ2n) is 7.78. The number of fused-ring (bicyclic) bond motifs is 1. The molecule has 0 saturated carbocycles. The smallest absolute Gasteiger partial charge is 0.129 e. The van der Waals surface area contributed by atoms with Gasteiger partial charge >= 0.3 is 0 Å². The fourth-order valence-corrected chi connectivity index (χ4v) is 3.90. The van der Waals surface area contributed by atoms with E-state index in [9.17, 15) is 0 Å². The minimum Gasteiger partial charge on any atom is -0.488 e. The number of halogens is 1. The third-order valence-corrected chi connectivity index (χ3v) is 5.93. The molecule has 34 heavy (non-hydrogen) atoms. The minimum absolute atomic E-state index is 0.484. The summed E-state index contributed by atoms with van der Waals surface area (Å²) in [5, 5.41) is 2.25. The molecule has 0 amide bonds. The van der Waals surface area contributed by atoms with E-state index in [0.29, 0.717) is 6.61 Å². The zero-order valence-corrected chi connectivity index (χ0v) is 20.0. The maximum absolute atomic E-state index is 6.22. The highest BCUT2D eigenvalue weighted by molar-refractivity contribution is 9.10. The molecular formula is C30H22BrNO2. The quantitative estimate of drug-likeness (QED) is 0.206. The number of aliphatic imine (C=N–C) groups is 1. The van der Waals surface area contributed by atoms with Gasteiger partial charge in [-0.25, -0.2) is 0 Å². The van der Waals surface area contributed by atoms with Crippen LogP contribution >= 0.6 is 15.9 Å². The lowest BCUT2D eigenvalue weighted by molar-refractivity contribution is 0.306. The van der Waals surface area contributed by atoms with Gasteiger partial charge in [-0.2, -0.15) is 0 Å². The average molecular weight is 508 g/mol. The molecule has 0 aromatic heterocycles. The van der Waals surface area contributed by atoms with Gasteiger partial charge in [0.05, 0.1) is 5.69 Å². The van der Waals surface area contributed by atoms with Crippen molar-refractivity contribution < 1.29 is 9.47 Å². The van der Waals surface area contributed by atoms with Crippen LogP contribution in [0.4, 0.5) is 5.69 Å². The van der Waals surface area contributed by atoms with E-state index < -0.39 is 0 Å². The Hall–Kier alpha value is -3.89. The van der Waals surface area contributed by atoms with Crippen LogP contribution < -0.4 is 9.47 Å². The van der Waals surface area contributed by atoms with Gasteiger partial charge in [0, 0.05) is 16.3 Å². The van der Waals surface area contributed by atoms with Crippen molar-refractivity contribution in [1.29, 1.82) is 0 Å². The van der Waals surface area contributed by atoms with E-state index in [-0.39, 0.29) is 0 Å². The third-order valence-electron chi connectivity index (χ3n) is 5.40. The highest BCUT2D eigenvalue weighted by Gasteiger charge is 2.08. The third kappa shape index (κ3) is 5.36. The highest BCUT2D eigenvalue weighted by atomic mass is 79.9. The van der Waals surface area contributed by atoms with Gasteiger partial charge < -0.3 is 9.47 Å². The summed E-state index contributed by atoms with van der Waals surface area (Å²) in [6, 6.07) is 38.0. The van der Waals surface area contributed by atoms with Crippen LogP contribution in [0.3, 0.4) is 0 Å². The van der Waals surface area contributed by atoms with E-state index in [1.165, 1.54) is 0 Å². The van der Waals surface area contributed by atoms with E-state index in [1.54, 1.807) is 0 Å². The van der Waals surface area contributed by atoms with E-state index in [4.69, 9.17) is 14.5 Å². The zero-order valence-electron chi connectivity index (χ0n) is 18.4. The Morgan fingerprint density at radius 1 is 0.676 bits per heavy atom. The molecule has 0 aliphatic rings. The summed E-state index contributed by atoms with van der Waals surface area (Å²) in [6.07, 6.45) is 1.88. The molecule has 166 valence electrons. The Morgan fingerprint density at radius 2 is 1.38 bits per heavy atom. The van der Waals surface area contributed by atoms with Crippen molar-refractivity contribution in [2.75, 3.05) is 0 Å². The maximum atomic E-state index is 6.22. The Morgan fingerprint density at radius 3 is 2.18 bits per heavy atom. The van der Waals surface area contributed by atoms with Crippen molar-refractivity contribution in [3.63, 3.8) is 0 Å². The first kappa shape index (κ1) is 21.9. The first-order valence-corrected chi connectivity index (χ1v) is 11.8. The fourth-order valence-electron chi connectivity index (χ4n) is 3.64. The van der Waals surface area contributed by atoms with Crippen LogP contribution in [0.5, 0.6) is 17.2 Å². The number of hydrogen-bond acceptors (Lipinski definition) is 3. The Balaban J connectivity index is 1.39. The molecule has 0 unspecified atom stereocenters. The van der Waals surface area contributed by atoms with E-state index in [1.807, 2.05) is 91.1 Å². The second kappa shape index (κ2) is 10.4. The van der Waals surface area contributed by atoms with E-state index in [0.717, 1.165) is 49.3 Å². The monoisotopic (exact) mass is 507 g/mol. The number of rotatable bonds is 7. The van der Waals surface area contributed by atoms with Gasteiger partial charge in [-0.15, -0.1) is 0 Å². The van der Waals surface area contributed by atoms with Crippen LogP contribution in [-0.2, 0) is 6.61 Å². The summed E-state index contributed by atoms with van der Waals surface area (Å²) < 4.78 is 13.1. The molecule has 0 saturated heterocycles. The van der Waals surface area contributed by atoms with Crippen molar-refractivity contribution in [2.45, 2.75) is 6.61 Å². The largest absolute Gasteiger partial charge is 0.488 e. The normalized spacial score (nSPS) is 11.1.